The summed E-state index contributed by atoms with van der Waals surface area (Å²) in [7, 11) is 3.18. The molecule has 1 unspecified atom stereocenters. The number of aromatic hydroxyl groups is 4. The Bertz CT molecular complexity index is 1740. The molecule has 7 nitrogen and oxygen atoms in total. The van der Waals surface area contributed by atoms with Crippen molar-refractivity contribution in [3.8, 4) is 34.5 Å². The summed E-state index contributed by atoms with van der Waals surface area (Å²) in [5, 5.41) is 45.9. The number of hydrogen-bond donors (Lipinski definition) is 4. The van der Waals surface area contributed by atoms with Crippen molar-refractivity contribution in [2.45, 2.75) is 90.9 Å². The standard InChI is InChI=1S/C39H49NO6/c1-37(2,3)29-18-24(41)17-27(35(29)43)33(28-19-26(46-11)21-31(36(28)44)39(7,8)9)32-14-12-13-23(40-32)15-22-16-25(45-10)20-30(34(22)42)38(4,5)6/h12-14,16-21,33,41-44H,15H2,1-11H3. The number of phenols is 4. The predicted molar refractivity (Wildman–Crippen MR) is 183 cm³/mol. The molecule has 46 heavy (non-hydrogen) atoms. The molecule has 0 saturated heterocycles. The maximum atomic E-state index is 11.9. The van der Waals surface area contributed by atoms with E-state index in [2.05, 4.69) is 0 Å². The lowest BCUT2D eigenvalue weighted by atomic mass is 9.78. The van der Waals surface area contributed by atoms with Crippen molar-refractivity contribution in [1.29, 1.82) is 0 Å². The van der Waals surface area contributed by atoms with Gasteiger partial charge in [0.1, 0.15) is 34.5 Å². The van der Waals surface area contributed by atoms with Crippen molar-refractivity contribution >= 4 is 0 Å². The smallest absolute Gasteiger partial charge is 0.123 e. The molecule has 4 N–H and O–H groups in total. The van der Waals surface area contributed by atoms with Gasteiger partial charge in [-0.15, -0.1) is 0 Å². The number of ether oxygens (including phenoxy) is 2. The summed E-state index contributed by atoms with van der Waals surface area (Å²) in [5.41, 5.74) is 3.53. The first-order chi connectivity index (χ1) is 21.3. The molecule has 1 atom stereocenters. The summed E-state index contributed by atoms with van der Waals surface area (Å²) >= 11 is 0. The molecular formula is C39H49NO6. The number of pyridine rings is 1. The zero-order valence-electron chi connectivity index (χ0n) is 29.0. The van der Waals surface area contributed by atoms with Crippen LogP contribution in [-0.4, -0.2) is 39.6 Å². The molecule has 1 heterocycles. The van der Waals surface area contributed by atoms with Crippen molar-refractivity contribution < 1.29 is 29.9 Å². The molecule has 3 aromatic carbocycles. The van der Waals surface area contributed by atoms with Crippen LogP contribution in [0, 0.1) is 0 Å². The second-order valence-electron chi connectivity index (χ2n) is 15.1. The third kappa shape index (κ3) is 7.04. The van der Waals surface area contributed by atoms with Crippen molar-refractivity contribution in [1.82, 2.24) is 4.98 Å². The molecule has 1 aromatic heterocycles. The van der Waals surface area contributed by atoms with Gasteiger partial charge in [-0.1, -0.05) is 68.4 Å². The second kappa shape index (κ2) is 12.4. The Morgan fingerprint density at radius 1 is 0.609 bits per heavy atom. The molecule has 0 aliphatic heterocycles. The van der Waals surface area contributed by atoms with Crippen LogP contribution in [0.15, 0.2) is 54.6 Å². The van der Waals surface area contributed by atoms with Crippen LogP contribution < -0.4 is 9.47 Å². The van der Waals surface area contributed by atoms with Crippen LogP contribution in [0.1, 0.15) is 113 Å². The first-order valence-electron chi connectivity index (χ1n) is 15.6. The molecule has 0 saturated carbocycles. The lowest BCUT2D eigenvalue weighted by Gasteiger charge is -2.29. The predicted octanol–water partition coefficient (Wildman–Crippen LogP) is 8.58. The summed E-state index contributed by atoms with van der Waals surface area (Å²) < 4.78 is 11.3. The molecule has 4 aromatic rings. The Kier molecular flexibility index (Phi) is 9.31. The first-order valence-corrected chi connectivity index (χ1v) is 15.6. The van der Waals surface area contributed by atoms with Gasteiger partial charge in [0.25, 0.3) is 0 Å². The van der Waals surface area contributed by atoms with Gasteiger partial charge in [0.15, 0.2) is 0 Å². The maximum absolute atomic E-state index is 11.9. The van der Waals surface area contributed by atoms with Crippen molar-refractivity contribution in [2.24, 2.45) is 0 Å². The van der Waals surface area contributed by atoms with E-state index in [0.717, 1.165) is 5.56 Å². The number of nitrogens with zero attached hydrogens (tertiary/aromatic N) is 1. The lowest BCUT2D eigenvalue weighted by Crippen LogP contribution is -2.16. The highest BCUT2D eigenvalue weighted by Crippen LogP contribution is 2.48. The molecule has 246 valence electrons. The summed E-state index contributed by atoms with van der Waals surface area (Å²) in [6.07, 6.45) is 0.309. The van der Waals surface area contributed by atoms with Crippen LogP contribution >= 0.6 is 0 Å². The highest BCUT2D eigenvalue weighted by atomic mass is 16.5. The Morgan fingerprint density at radius 2 is 1.09 bits per heavy atom. The normalized spacial score (nSPS) is 13.0. The average molecular weight is 628 g/mol. The average Bonchev–Trinajstić information content (AvgIpc) is 2.95. The monoisotopic (exact) mass is 627 g/mol. The van der Waals surface area contributed by atoms with Crippen molar-refractivity contribution in [3.05, 3.63) is 99.4 Å². The number of phenolic OH excluding ortho intramolecular Hbond substituents is 4. The Balaban J connectivity index is 2.01. The van der Waals surface area contributed by atoms with Crippen LogP contribution in [0.4, 0.5) is 0 Å². The van der Waals surface area contributed by atoms with E-state index in [9.17, 15) is 20.4 Å². The van der Waals surface area contributed by atoms with Crippen LogP contribution in [0.2, 0.25) is 0 Å². The molecule has 0 fully saturated rings. The van der Waals surface area contributed by atoms with Crippen molar-refractivity contribution in [2.75, 3.05) is 14.2 Å². The molecule has 0 spiro atoms. The molecule has 7 heteroatoms. The molecule has 0 aliphatic rings. The zero-order chi connectivity index (χ0) is 34.4. The number of hydrogen-bond acceptors (Lipinski definition) is 7. The van der Waals surface area contributed by atoms with Gasteiger partial charge in [-0.25, -0.2) is 0 Å². The lowest BCUT2D eigenvalue weighted by molar-refractivity contribution is 0.401. The number of benzene rings is 3. The number of rotatable bonds is 7. The van der Waals surface area contributed by atoms with Crippen LogP contribution in [0.3, 0.4) is 0 Å². The topological polar surface area (TPSA) is 112 Å². The van der Waals surface area contributed by atoms with Gasteiger partial charge in [-0.2, -0.15) is 0 Å². The minimum atomic E-state index is -0.784. The second-order valence-corrected chi connectivity index (χ2v) is 15.1. The van der Waals surface area contributed by atoms with E-state index in [1.165, 1.54) is 6.07 Å². The Morgan fingerprint density at radius 3 is 1.61 bits per heavy atom. The van der Waals surface area contributed by atoms with Gasteiger partial charge in [-0.05, 0) is 64.8 Å². The largest absolute Gasteiger partial charge is 0.508 e. The summed E-state index contributed by atoms with van der Waals surface area (Å²) in [5.74, 6) is 0.667. The fourth-order valence-electron chi connectivity index (χ4n) is 5.90. The number of aromatic nitrogens is 1. The van der Waals surface area contributed by atoms with E-state index in [1.807, 2.05) is 98.7 Å². The molecule has 0 radical (unpaired) electrons. The fraction of sp³-hybridized carbons (Fsp3) is 0.410. The number of methoxy groups -OCH3 is 2. The third-order valence-corrected chi connectivity index (χ3v) is 8.41. The first kappa shape index (κ1) is 34.5. The molecule has 0 aliphatic carbocycles. The maximum Gasteiger partial charge on any atom is 0.123 e. The van der Waals surface area contributed by atoms with Crippen molar-refractivity contribution in [3.63, 3.8) is 0 Å². The molecule has 0 amide bonds. The Hall–Kier alpha value is -4.39. The summed E-state index contributed by atoms with van der Waals surface area (Å²) in [6.45, 7) is 18.0. The van der Waals surface area contributed by atoms with Crippen LogP contribution in [0.25, 0.3) is 0 Å². The SMILES string of the molecule is COc1cc(Cc2cccc(C(c3cc(O)cc(C(C)(C)C)c3O)c3cc(OC)cc(C(C)(C)C)c3O)n2)c(O)c(C(C)(C)C)c1. The van der Waals surface area contributed by atoms with Crippen LogP contribution in [-0.2, 0) is 22.7 Å². The molecule has 0 bridgehead atoms. The van der Waals surface area contributed by atoms with Gasteiger partial charge in [0.05, 0.1) is 25.8 Å². The van der Waals surface area contributed by atoms with Gasteiger partial charge >= 0.3 is 0 Å². The minimum Gasteiger partial charge on any atom is -0.508 e. The van der Waals surface area contributed by atoms with Gasteiger partial charge in [-0.3, -0.25) is 4.98 Å². The quantitative estimate of drug-likeness (QED) is 0.152. The van der Waals surface area contributed by atoms with Gasteiger partial charge < -0.3 is 29.9 Å². The van der Waals surface area contributed by atoms with E-state index in [4.69, 9.17) is 14.5 Å². The summed E-state index contributed by atoms with van der Waals surface area (Å²) in [4.78, 5) is 5.06. The summed E-state index contributed by atoms with van der Waals surface area (Å²) in [6, 6.07) is 16.0. The van der Waals surface area contributed by atoms with E-state index < -0.39 is 16.7 Å². The zero-order valence-corrected chi connectivity index (χ0v) is 29.0. The van der Waals surface area contributed by atoms with Gasteiger partial charge in [0.2, 0.25) is 0 Å². The fourth-order valence-corrected chi connectivity index (χ4v) is 5.90. The third-order valence-electron chi connectivity index (χ3n) is 8.41. The van der Waals surface area contributed by atoms with Crippen LogP contribution in [0.5, 0.6) is 34.5 Å². The van der Waals surface area contributed by atoms with E-state index in [0.29, 0.717) is 57.1 Å². The molecular weight excluding hydrogens is 578 g/mol. The van der Waals surface area contributed by atoms with Gasteiger partial charge in [0, 0.05) is 45.5 Å². The van der Waals surface area contributed by atoms with E-state index in [1.54, 1.807) is 26.4 Å². The molecule has 4 rings (SSSR count). The van der Waals surface area contributed by atoms with E-state index in [-0.39, 0.29) is 28.4 Å². The highest BCUT2D eigenvalue weighted by molar-refractivity contribution is 5.61. The highest BCUT2D eigenvalue weighted by Gasteiger charge is 2.32. The van der Waals surface area contributed by atoms with E-state index >= 15 is 0 Å². The minimum absolute atomic E-state index is 0.00618. The Labute approximate surface area is 273 Å².